The number of aromatic amines is 1. The van der Waals surface area contributed by atoms with Crippen LogP contribution in [-0.4, -0.2) is 23.3 Å². The molecule has 0 saturated carbocycles. The molecule has 88 valence electrons. The highest BCUT2D eigenvalue weighted by Crippen LogP contribution is 2.24. The van der Waals surface area contributed by atoms with E-state index in [1.165, 1.54) is 25.0 Å². The molecule has 17 heavy (non-hydrogen) atoms. The van der Waals surface area contributed by atoms with Gasteiger partial charge in [0.25, 0.3) is 0 Å². The average molecular weight is 231 g/mol. The number of rotatable bonds is 2. The van der Waals surface area contributed by atoms with Crippen LogP contribution in [0.1, 0.15) is 12.8 Å². The Morgan fingerprint density at radius 2 is 1.82 bits per heavy atom. The van der Waals surface area contributed by atoms with Crippen LogP contribution < -0.4 is 4.90 Å². The Kier molecular flexibility index (Phi) is 2.55. The molecule has 0 atom stereocenters. The summed E-state index contributed by atoms with van der Waals surface area (Å²) >= 11 is 0. The molecule has 1 aliphatic rings. The number of H-pyrrole nitrogens is 1. The van der Waals surface area contributed by atoms with Crippen molar-refractivity contribution >= 4 is 5.82 Å². The van der Waals surface area contributed by atoms with Crippen molar-refractivity contribution in [1.82, 2.24) is 10.2 Å². The van der Waals surface area contributed by atoms with Crippen LogP contribution in [0.3, 0.4) is 0 Å². The Balaban J connectivity index is 1.86. The summed E-state index contributed by atoms with van der Waals surface area (Å²) in [6, 6.07) is 8.48. The second-order valence-electron chi connectivity index (χ2n) is 4.34. The molecule has 4 heteroatoms. The van der Waals surface area contributed by atoms with Gasteiger partial charge in [-0.2, -0.15) is 5.10 Å². The fourth-order valence-electron chi connectivity index (χ4n) is 2.20. The van der Waals surface area contributed by atoms with Crippen LogP contribution in [0.4, 0.5) is 10.2 Å². The number of nitrogens with zero attached hydrogens (tertiary/aromatic N) is 2. The smallest absolute Gasteiger partial charge is 0.150 e. The first-order valence-electron chi connectivity index (χ1n) is 5.89. The minimum Gasteiger partial charge on any atom is -0.355 e. The van der Waals surface area contributed by atoms with E-state index >= 15 is 0 Å². The summed E-state index contributed by atoms with van der Waals surface area (Å²) < 4.78 is 12.8. The largest absolute Gasteiger partial charge is 0.355 e. The lowest BCUT2D eigenvalue weighted by Gasteiger charge is -2.12. The Morgan fingerprint density at radius 1 is 1.12 bits per heavy atom. The van der Waals surface area contributed by atoms with Gasteiger partial charge >= 0.3 is 0 Å². The summed E-state index contributed by atoms with van der Waals surface area (Å²) in [4.78, 5) is 2.27. The molecule has 1 fully saturated rings. The van der Waals surface area contributed by atoms with Crippen LogP contribution in [0.2, 0.25) is 0 Å². The summed E-state index contributed by atoms with van der Waals surface area (Å²) in [5, 5.41) is 7.31. The third-order valence-electron chi connectivity index (χ3n) is 3.15. The second-order valence-corrected chi connectivity index (χ2v) is 4.34. The van der Waals surface area contributed by atoms with Crippen molar-refractivity contribution in [2.75, 3.05) is 18.0 Å². The minimum atomic E-state index is -0.215. The number of nitrogens with one attached hydrogen (secondary N) is 1. The van der Waals surface area contributed by atoms with Crippen molar-refractivity contribution in [1.29, 1.82) is 0 Å². The molecule has 3 rings (SSSR count). The maximum absolute atomic E-state index is 12.8. The third-order valence-corrected chi connectivity index (χ3v) is 3.15. The van der Waals surface area contributed by atoms with E-state index in [1.54, 1.807) is 12.1 Å². The van der Waals surface area contributed by atoms with Gasteiger partial charge in [-0.05, 0) is 42.7 Å². The predicted octanol–water partition coefficient (Wildman–Crippen LogP) is 2.82. The van der Waals surface area contributed by atoms with Crippen LogP contribution in [0, 0.1) is 5.82 Å². The number of hydrogen-bond donors (Lipinski definition) is 1. The number of anilines is 1. The van der Waals surface area contributed by atoms with Gasteiger partial charge in [0.1, 0.15) is 5.82 Å². The van der Waals surface area contributed by atoms with Gasteiger partial charge in [0.2, 0.25) is 0 Å². The summed E-state index contributed by atoms with van der Waals surface area (Å²) in [6.07, 6.45) is 2.47. The number of hydrogen-bond acceptors (Lipinski definition) is 2. The normalized spacial score (nSPS) is 15.5. The highest BCUT2D eigenvalue weighted by Gasteiger charge is 2.15. The van der Waals surface area contributed by atoms with Gasteiger partial charge < -0.3 is 4.90 Å². The van der Waals surface area contributed by atoms with Gasteiger partial charge in [0, 0.05) is 19.2 Å². The lowest BCUT2D eigenvalue weighted by atomic mass is 10.1. The van der Waals surface area contributed by atoms with Gasteiger partial charge in [-0.25, -0.2) is 4.39 Å². The van der Waals surface area contributed by atoms with E-state index in [9.17, 15) is 4.39 Å². The summed E-state index contributed by atoms with van der Waals surface area (Å²) in [7, 11) is 0. The molecule has 0 aliphatic carbocycles. The molecule has 2 aromatic rings. The van der Waals surface area contributed by atoms with E-state index in [0.717, 1.165) is 30.2 Å². The van der Waals surface area contributed by atoms with E-state index < -0.39 is 0 Å². The molecule has 2 heterocycles. The first-order valence-corrected chi connectivity index (χ1v) is 5.89. The van der Waals surface area contributed by atoms with Crippen molar-refractivity contribution in [3.05, 3.63) is 36.1 Å². The monoisotopic (exact) mass is 231 g/mol. The molecule has 0 bridgehead atoms. The third kappa shape index (κ3) is 2.02. The summed E-state index contributed by atoms with van der Waals surface area (Å²) in [6.45, 7) is 2.15. The molecule has 0 spiro atoms. The zero-order valence-electron chi connectivity index (χ0n) is 9.49. The number of aromatic nitrogens is 2. The quantitative estimate of drug-likeness (QED) is 0.861. The van der Waals surface area contributed by atoms with Crippen molar-refractivity contribution in [3.8, 4) is 11.3 Å². The molecule has 1 aromatic carbocycles. The van der Waals surface area contributed by atoms with Crippen molar-refractivity contribution in [2.24, 2.45) is 0 Å². The highest BCUT2D eigenvalue weighted by molar-refractivity contribution is 5.63. The van der Waals surface area contributed by atoms with Crippen LogP contribution in [0.15, 0.2) is 30.3 Å². The maximum Gasteiger partial charge on any atom is 0.150 e. The van der Waals surface area contributed by atoms with E-state index in [1.807, 2.05) is 6.07 Å². The fraction of sp³-hybridized carbons (Fsp3) is 0.308. The molecular formula is C13H14FN3. The van der Waals surface area contributed by atoms with Crippen molar-refractivity contribution < 1.29 is 4.39 Å². The van der Waals surface area contributed by atoms with E-state index in [-0.39, 0.29) is 5.82 Å². The average Bonchev–Trinajstić information content (AvgIpc) is 3.00. The summed E-state index contributed by atoms with van der Waals surface area (Å²) in [5.41, 5.74) is 1.90. The predicted molar refractivity (Wildman–Crippen MR) is 65.4 cm³/mol. The van der Waals surface area contributed by atoms with Crippen LogP contribution in [-0.2, 0) is 0 Å². The molecular weight excluding hydrogens is 217 g/mol. The van der Waals surface area contributed by atoms with E-state index in [4.69, 9.17) is 0 Å². The van der Waals surface area contributed by atoms with Gasteiger partial charge in [-0.1, -0.05) is 0 Å². The van der Waals surface area contributed by atoms with Crippen molar-refractivity contribution in [3.63, 3.8) is 0 Å². The van der Waals surface area contributed by atoms with Gasteiger partial charge in [-0.15, -0.1) is 0 Å². The van der Waals surface area contributed by atoms with E-state index in [0.29, 0.717) is 0 Å². The molecule has 1 N–H and O–H groups in total. The maximum atomic E-state index is 12.8. The standard InChI is InChI=1S/C13H14FN3/c14-11-5-3-10(4-6-11)12-9-13(16-15-12)17-7-1-2-8-17/h3-6,9H,1-2,7-8H2,(H,15,16). The SMILES string of the molecule is Fc1ccc(-c2cc(N3CCCC3)n[nH]2)cc1. The number of benzene rings is 1. The molecule has 3 nitrogen and oxygen atoms in total. The summed E-state index contributed by atoms with van der Waals surface area (Å²) in [5.74, 6) is 0.773. The topological polar surface area (TPSA) is 31.9 Å². The zero-order valence-corrected chi connectivity index (χ0v) is 9.49. The Hall–Kier alpha value is -1.84. The minimum absolute atomic E-state index is 0.215. The Bertz CT molecular complexity index is 498. The van der Waals surface area contributed by atoms with Crippen molar-refractivity contribution in [2.45, 2.75) is 12.8 Å². The van der Waals surface area contributed by atoms with Gasteiger partial charge in [0.15, 0.2) is 5.82 Å². The van der Waals surface area contributed by atoms with Crippen LogP contribution >= 0.6 is 0 Å². The molecule has 0 amide bonds. The molecule has 0 radical (unpaired) electrons. The fourth-order valence-corrected chi connectivity index (χ4v) is 2.20. The first-order chi connectivity index (χ1) is 8.33. The second kappa shape index (κ2) is 4.20. The molecule has 1 aliphatic heterocycles. The Labute approximate surface area is 99.3 Å². The van der Waals surface area contributed by atoms with E-state index in [2.05, 4.69) is 15.1 Å². The lowest BCUT2D eigenvalue weighted by Crippen LogP contribution is -2.17. The Morgan fingerprint density at radius 3 is 2.53 bits per heavy atom. The van der Waals surface area contributed by atoms with Gasteiger partial charge in [-0.3, -0.25) is 5.10 Å². The molecule has 1 aromatic heterocycles. The first kappa shape index (κ1) is 10.3. The lowest BCUT2D eigenvalue weighted by molar-refractivity contribution is 0.628. The number of halogens is 1. The molecule has 0 unspecified atom stereocenters. The van der Waals surface area contributed by atoms with Crippen LogP contribution in [0.5, 0.6) is 0 Å². The van der Waals surface area contributed by atoms with Crippen LogP contribution in [0.25, 0.3) is 11.3 Å². The van der Waals surface area contributed by atoms with Gasteiger partial charge in [0.05, 0.1) is 5.69 Å². The molecule has 1 saturated heterocycles. The zero-order chi connectivity index (χ0) is 11.7. The highest BCUT2D eigenvalue weighted by atomic mass is 19.1.